The maximum absolute atomic E-state index is 5.04. The molecule has 212 valence electrons. The quantitative estimate of drug-likeness (QED) is 0.212. The predicted molar refractivity (Wildman–Crippen MR) is 188 cm³/mol. The minimum absolute atomic E-state index is 0.817. The molecule has 0 saturated carbocycles. The van der Waals surface area contributed by atoms with E-state index in [4.69, 9.17) is 4.98 Å². The van der Waals surface area contributed by atoms with Crippen molar-refractivity contribution in [3.63, 3.8) is 0 Å². The summed E-state index contributed by atoms with van der Waals surface area (Å²) in [6.07, 6.45) is 6.19. The van der Waals surface area contributed by atoms with Crippen LogP contribution in [0.15, 0.2) is 152 Å². The smallest absolute Gasteiger partial charge is 0.137 e. The SMILES string of the molecule is C1=Cc2c(c3ccccc3n2-c2ccc(-c3ccc4c(-c5ccccc5)c5ccccc5c(-c5ccccc5)c4c3)cn2)CN1. The molecule has 6 aromatic carbocycles. The van der Waals surface area contributed by atoms with Gasteiger partial charge in [0.25, 0.3) is 0 Å². The first-order valence-corrected chi connectivity index (χ1v) is 15.4. The van der Waals surface area contributed by atoms with Gasteiger partial charge in [0.2, 0.25) is 0 Å². The maximum Gasteiger partial charge on any atom is 0.137 e. The van der Waals surface area contributed by atoms with E-state index in [0.29, 0.717) is 0 Å². The van der Waals surface area contributed by atoms with Gasteiger partial charge in [0.1, 0.15) is 5.82 Å². The molecule has 1 N–H and O–H groups in total. The Morgan fingerprint density at radius 3 is 1.80 bits per heavy atom. The Hall–Kier alpha value is -5.93. The van der Waals surface area contributed by atoms with Gasteiger partial charge in [0, 0.05) is 29.3 Å². The topological polar surface area (TPSA) is 29.9 Å². The zero-order valence-electron chi connectivity index (χ0n) is 24.6. The Kier molecular flexibility index (Phi) is 5.88. The van der Waals surface area contributed by atoms with E-state index in [1.54, 1.807) is 0 Å². The van der Waals surface area contributed by atoms with Gasteiger partial charge in [-0.1, -0.05) is 115 Å². The van der Waals surface area contributed by atoms with E-state index >= 15 is 0 Å². The summed E-state index contributed by atoms with van der Waals surface area (Å²) in [6, 6.07) is 50.2. The van der Waals surface area contributed by atoms with Crippen molar-refractivity contribution in [3.05, 3.63) is 163 Å². The van der Waals surface area contributed by atoms with Crippen molar-refractivity contribution < 1.29 is 0 Å². The lowest BCUT2D eigenvalue weighted by Gasteiger charge is -2.18. The molecule has 3 heteroatoms. The summed E-state index contributed by atoms with van der Waals surface area (Å²) < 4.78 is 2.28. The first-order valence-electron chi connectivity index (χ1n) is 15.4. The van der Waals surface area contributed by atoms with Crippen LogP contribution in [0, 0.1) is 0 Å². The molecule has 0 amide bonds. The standard InChI is InChI=1S/C42H29N3/c1-3-11-28(12-4-1)41-33-16-7-8-17-34(33)42(29-13-5-2-6-14-29)36-25-30(19-21-35(36)41)31-20-22-40(44-26-31)45-38-18-10-9-15-32(38)37-27-43-24-23-39(37)45/h1-26,43H,27H2. The molecule has 0 unspecified atom stereocenters. The summed E-state index contributed by atoms with van der Waals surface area (Å²) in [7, 11) is 0. The number of nitrogens with zero attached hydrogens (tertiary/aromatic N) is 2. The third kappa shape index (κ3) is 4.09. The van der Waals surface area contributed by atoms with Crippen molar-refractivity contribution in [3.8, 4) is 39.2 Å². The molecule has 0 aliphatic carbocycles. The van der Waals surface area contributed by atoms with Crippen LogP contribution < -0.4 is 5.32 Å². The number of aromatic nitrogens is 2. The Morgan fingerprint density at radius 2 is 1.11 bits per heavy atom. The largest absolute Gasteiger partial charge is 0.387 e. The fourth-order valence-corrected chi connectivity index (χ4v) is 7.11. The normalized spacial score (nSPS) is 12.4. The highest BCUT2D eigenvalue weighted by Crippen LogP contribution is 2.44. The molecule has 1 aliphatic heterocycles. The first-order chi connectivity index (χ1) is 22.3. The van der Waals surface area contributed by atoms with E-state index in [-0.39, 0.29) is 0 Å². The molecular weight excluding hydrogens is 546 g/mol. The van der Waals surface area contributed by atoms with Crippen LogP contribution in [0.2, 0.25) is 0 Å². The number of hydrogen-bond acceptors (Lipinski definition) is 2. The fourth-order valence-electron chi connectivity index (χ4n) is 7.11. The molecule has 0 spiro atoms. The van der Waals surface area contributed by atoms with E-state index < -0.39 is 0 Å². The molecule has 2 aromatic heterocycles. The van der Waals surface area contributed by atoms with Crippen LogP contribution in [0.4, 0.5) is 0 Å². The molecule has 1 aliphatic rings. The van der Waals surface area contributed by atoms with Crippen molar-refractivity contribution in [2.75, 3.05) is 0 Å². The van der Waals surface area contributed by atoms with E-state index in [9.17, 15) is 0 Å². The second-order valence-electron chi connectivity index (χ2n) is 11.6. The number of para-hydroxylation sites is 1. The summed E-state index contributed by atoms with van der Waals surface area (Å²) in [5.41, 5.74) is 10.9. The molecular formula is C42H29N3. The number of benzene rings is 6. The monoisotopic (exact) mass is 575 g/mol. The average Bonchev–Trinajstić information content (AvgIpc) is 3.45. The summed E-state index contributed by atoms with van der Waals surface area (Å²) in [4.78, 5) is 5.04. The average molecular weight is 576 g/mol. The molecule has 0 atom stereocenters. The van der Waals surface area contributed by atoms with E-state index in [1.807, 2.05) is 12.4 Å². The van der Waals surface area contributed by atoms with Crippen LogP contribution in [-0.2, 0) is 6.54 Å². The van der Waals surface area contributed by atoms with Crippen LogP contribution in [0.5, 0.6) is 0 Å². The number of pyridine rings is 1. The summed E-state index contributed by atoms with van der Waals surface area (Å²) in [5, 5.41) is 9.64. The summed E-state index contributed by atoms with van der Waals surface area (Å²) in [5.74, 6) is 0.922. The van der Waals surface area contributed by atoms with Crippen LogP contribution in [-0.4, -0.2) is 9.55 Å². The minimum Gasteiger partial charge on any atom is -0.387 e. The molecule has 45 heavy (non-hydrogen) atoms. The van der Waals surface area contributed by atoms with Gasteiger partial charge in [-0.2, -0.15) is 0 Å². The van der Waals surface area contributed by atoms with E-state index in [2.05, 4.69) is 155 Å². The minimum atomic E-state index is 0.817. The van der Waals surface area contributed by atoms with Gasteiger partial charge < -0.3 is 5.32 Å². The molecule has 3 nitrogen and oxygen atoms in total. The Morgan fingerprint density at radius 1 is 0.511 bits per heavy atom. The number of nitrogens with one attached hydrogen (secondary N) is 1. The van der Waals surface area contributed by atoms with Gasteiger partial charge in [0.15, 0.2) is 0 Å². The van der Waals surface area contributed by atoms with E-state index in [1.165, 1.54) is 66.0 Å². The molecule has 0 fully saturated rings. The van der Waals surface area contributed by atoms with Crippen LogP contribution in [0.1, 0.15) is 11.3 Å². The lowest BCUT2D eigenvalue weighted by atomic mass is 9.85. The molecule has 0 bridgehead atoms. The zero-order chi connectivity index (χ0) is 29.7. The van der Waals surface area contributed by atoms with E-state index in [0.717, 1.165) is 23.5 Å². The van der Waals surface area contributed by atoms with Gasteiger partial charge in [0.05, 0.1) is 11.2 Å². The van der Waals surface area contributed by atoms with Crippen LogP contribution in [0.25, 0.3) is 77.7 Å². The second-order valence-corrected chi connectivity index (χ2v) is 11.6. The fraction of sp³-hybridized carbons (Fsp3) is 0.0238. The van der Waals surface area contributed by atoms with Crippen molar-refractivity contribution >= 4 is 38.5 Å². The molecule has 8 aromatic rings. The highest BCUT2D eigenvalue weighted by atomic mass is 15.1. The Balaban J connectivity index is 1.25. The first kappa shape index (κ1) is 25.6. The van der Waals surface area contributed by atoms with Gasteiger partial charge in [-0.25, -0.2) is 4.98 Å². The van der Waals surface area contributed by atoms with Crippen molar-refractivity contribution in [1.29, 1.82) is 0 Å². The lowest BCUT2D eigenvalue weighted by molar-refractivity contribution is 0.852. The summed E-state index contributed by atoms with van der Waals surface area (Å²) >= 11 is 0. The van der Waals surface area contributed by atoms with Gasteiger partial charge >= 0.3 is 0 Å². The van der Waals surface area contributed by atoms with Crippen molar-refractivity contribution in [1.82, 2.24) is 14.9 Å². The summed E-state index contributed by atoms with van der Waals surface area (Å²) in [6.45, 7) is 0.817. The van der Waals surface area contributed by atoms with Gasteiger partial charge in [-0.3, -0.25) is 4.57 Å². The molecule has 0 radical (unpaired) electrons. The Bertz CT molecular complexity index is 2400. The third-order valence-corrected chi connectivity index (χ3v) is 9.12. The highest BCUT2D eigenvalue weighted by Gasteiger charge is 2.20. The van der Waals surface area contributed by atoms with Gasteiger partial charge in [-0.05, 0) is 85.9 Å². The maximum atomic E-state index is 5.04. The van der Waals surface area contributed by atoms with Crippen LogP contribution >= 0.6 is 0 Å². The third-order valence-electron chi connectivity index (χ3n) is 9.12. The van der Waals surface area contributed by atoms with Crippen LogP contribution in [0.3, 0.4) is 0 Å². The number of hydrogen-bond donors (Lipinski definition) is 1. The molecule has 9 rings (SSSR count). The molecule has 3 heterocycles. The molecule has 0 saturated heterocycles. The second kappa shape index (κ2) is 10.4. The highest BCUT2D eigenvalue weighted by molar-refractivity contribution is 6.21. The lowest BCUT2D eigenvalue weighted by Crippen LogP contribution is -2.11. The Labute approximate surface area is 261 Å². The predicted octanol–water partition coefficient (Wildman–Crippen LogP) is 10.4. The van der Waals surface area contributed by atoms with Crippen molar-refractivity contribution in [2.45, 2.75) is 6.54 Å². The number of fused-ring (bicyclic) bond motifs is 5. The van der Waals surface area contributed by atoms with Gasteiger partial charge in [-0.15, -0.1) is 0 Å². The van der Waals surface area contributed by atoms with Crippen molar-refractivity contribution in [2.24, 2.45) is 0 Å². The number of rotatable bonds is 4. The zero-order valence-corrected chi connectivity index (χ0v) is 24.6.